The minimum atomic E-state index is -1.07. The summed E-state index contributed by atoms with van der Waals surface area (Å²) in [5.41, 5.74) is 0. The van der Waals surface area contributed by atoms with Crippen LogP contribution < -0.4 is 5.32 Å². The number of aliphatic hydroxyl groups is 3. The Labute approximate surface area is 447 Å². The number of rotatable bonds is 63. The molecule has 0 saturated heterocycles. The summed E-state index contributed by atoms with van der Waals surface area (Å²) >= 11 is 0. The van der Waals surface area contributed by atoms with Gasteiger partial charge in [-0.05, 0) is 12.8 Å². The van der Waals surface area contributed by atoms with Crippen molar-refractivity contribution < 1.29 is 20.1 Å². The van der Waals surface area contributed by atoms with Crippen molar-refractivity contribution in [2.75, 3.05) is 6.61 Å². The maximum atomic E-state index is 12.6. The molecule has 0 bridgehead atoms. The summed E-state index contributed by atoms with van der Waals surface area (Å²) < 4.78 is 0. The molecule has 0 fully saturated rings. The molecule has 0 spiro atoms. The molecule has 0 aromatic carbocycles. The summed E-state index contributed by atoms with van der Waals surface area (Å²) in [7, 11) is 0. The number of unbranched alkanes of at least 4 members (excludes halogenated alkanes) is 55. The van der Waals surface area contributed by atoms with E-state index in [1.807, 2.05) is 0 Å². The summed E-state index contributed by atoms with van der Waals surface area (Å²) in [4.78, 5) is 12.6. The van der Waals surface area contributed by atoms with Crippen LogP contribution in [0.5, 0.6) is 0 Å². The molecule has 5 nitrogen and oxygen atoms in total. The van der Waals surface area contributed by atoms with Crippen molar-refractivity contribution >= 4 is 5.91 Å². The summed E-state index contributed by atoms with van der Waals surface area (Å²) in [6.45, 7) is 4.29. The largest absolute Gasteiger partial charge is 0.394 e. The standard InChI is InChI=1S/C66H133NO4/c1-3-5-7-9-11-13-15-17-19-21-23-25-27-29-30-31-32-33-34-35-37-39-41-43-45-47-49-51-53-55-57-59-61-65(70)66(71)67-63(62-68)64(69)60-58-56-54-52-50-48-46-44-42-40-38-36-28-26-24-22-20-18-16-14-12-10-8-6-4-2/h63-65,68-70H,3-62H2,1-2H3,(H,67,71). The topological polar surface area (TPSA) is 89.8 Å². The third-order valence-corrected chi connectivity index (χ3v) is 16.2. The lowest BCUT2D eigenvalue weighted by molar-refractivity contribution is -0.131. The molecule has 5 heteroatoms. The molecule has 1 amide bonds. The zero-order valence-electron chi connectivity index (χ0n) is 48.9. The lowest BCUT2D eigenvalue weighted by Gasteiger charge is -2.23. The fraction of sp³-hybridized carbons (Fsp3) is 0.985. The Bertz CT molecular complexity index is 975. The van der Waals surface area contributed by atoms with Crippen LogP contribution in [0.25, 0.3) is 0 Å². The van der Waals surface area contributed by atoms with Gasteiger partial charge in [-0.3, -0.25) is 4.79 Å². The van der Waals surface area contributed by atoms with Gasteiger partial charge in [0.1, 0.15) is 6.10 Å². The maximum absolute atomic E-state index is 12.6. The van der Waals surface area contributed by atoms with Gasteiger partial charge in [0.25, 0.3) is 0 Å². The number of carbonyl (C=O) groups is 1. The van der Waals surface area contributed by atoms with Gasteiger partial charge >= 0.3 is 0 Å². The molecule has 0 heterocycles. The molecular formula is C66H133NO4. The highest BCUT2D eigenvalue weighted by atomic mass is 16.3. The molecule has 0 aromatic rings. The first-order valence-electron chi connectivity index (χ1n) is 33.3. The molecule has 4 N–H and O–H groups in total. The average Bonchev–Trinajstić information content (AvgIpc) is 3.38. The third-order valence-electron chi connectivity index (χ3n) is 16.2. The van der Waals surface area contributed by atoms with Crippen molar-refractivity contribution in [3.63, 3.8) is 0 Å². The first-order chi connectivity index (χ1) is 35.1. The van der Waals surface area contributed by atoms with Crippen molar-refractivity contribution in [1.29, 1.82) is 0 Å². The quantitative estimate of drug-likeness (QED) is 0.0457. The number of nitrogens with one attached hydrogen (secondary N) is 1. The van der Waals surface area contributed by atoms with E-state index in [1.54, 1.807) is 0 Å². The molecule has 0 radical (unpaired) electrons. The van der Waals surface area contributed by atoms with Crippen LogP contribution in [0.15, 0.2) is 0 Å². The Kier molecular flexibility index (Phi) is 61.3. The minimum absolute atomic E-state index is 0.307. The monoisotopic (exact) mass is 1000 g/mol. The van der Waals surface area contributed by atoms with Crippen LogP contribution in [0.1, 0.15) is 393 Å². The summed E-state index contributed by atoms with van der Waals surface area (Å²) in [5.74, 6) is -0.460. The van der Waals surface area contributed by atoms with Crippen LogP contribution in [0, 0.1) is 0 Å². The molecule has 426 valence electrons. The van der Waals surface area contributed by atoms with E-state index in [4.69, 9.17) is 0 Å². The van der Waals surface area contributed by atoms with Crippen molar-refractivity contribution in [3.8, 4) is 0 Å². The summed E-state index contributed by atoms with van der Waals surface area (Å²) in [6.07, 6.45) is 77.7. The second-order valence-electron chi connectivity index (χ2n) is 23.4. The van der Waals surface area contributed by atoms with E-state index in [-0.39, 0.29) is 6.61 Å². The van der Waals surface area contributed by atoms with Gasteiger partial charge in [0, 0.05) is 0 Å². The van der Waals surface area contributed by atoms with E-state index in [9.17, 15) is 20.1 Å². The van der Waals surface area contributed by atoms with Crippen LogP contribution in [0.4, 0.5) is 0 Å². The van der Waals surface area contributed by atoms with Crippen LogP contribution >= 0.6 is 0 Å². The van der Waals surface area contributed by atoms with Gasteiger partial charge in [-0.1, -0.05) is 380 Å². The van der Waals surface area contributed by atoms with Gasteiger partial charge in [-0.15, -0.1) is 0 Å². The van der Waals surface area contributed by atoms with E-state index >= 15 is 0 Å². The molecule has 3 atom stereocenters. The summed E-state index contributed by atoms with van der Waals surface area (Å²) in [6, 6.07) is -0.709. The molecule has 71 heavy (non-hydrogen) atoms. The fourth-order valence-electron chi connectivity index (χ4n) is 11.1. The van der Waals surface area contributed by atoms with E-state index in [1.165, 1.54) is 334 Å². The molecule has 0 aromatic heterocycles. The number of carbonyl (C=O) groups excluding carboxylic acids is 1. The van der Waals surface area contributed by atoms with Gasteiger partial charge < -0.3 is 20.6 Å². The lowest BCUT2D eigenvalue weighted by atomic mass is 10.0. The third kappa shape index (κ3) is 56.9. The number of hydrogen-bond acceptors (Lipinski definition) is 4. The normalized spacial score (nSPS) is 13.0. The zero-order chi connectivity index (χ0) is 51.4. The molecule has 0 rings (SSSR count). The molecule has 0 aliphatic heterocycles. The maximum Gasteiger partial charge on any atom is 0.249 e. The van der Waals surface area contributed by atoms with Gasteiger partial charge in [-0.2, -0.15) is 0 Å². The first kappa shape index (κ1) is 70.3. The van der Waals surface area contributed by atoms with Gasteiger partial charge in [0.15, 0.2) is 0 Å². The average molecular weight is 1000 g/mol. The Morgan fingerprint density at radius 3 is 0.634 bits per heavy atom. The second-order valence-corrected chi connectivity index (χ2v) is 23.4. The molecule has 0 saturated carbocycles. The molecular weight excluding hydrogens is 871 g/mol. The van der Waals surface area contributed by atoms with Gasteiger partial charge in [0.2, 0.25) is 5.91 Å². The predicted molar refractivity (Wildman–Crippen MR) is 315 cm³/mol. The Hall–Kier alpha value is -0.650. The number of aliphatic hydroxyl groups excluding tert-OH is 3. The minimum Gasteiger partial charge on any atom is -0.394 e. The predicted octanol–water partition coefficient (Wildman–Crippen LogP) is 21.2. The van der Waals surface area contributed by atoms with Crippen LogP contribution in [0.2, 0.25) is 0 Å². The van der Waals surface area contributed by atoms with Crippen molar-refractivity contribution in [1.82, 2.24) is 5.32 Å². The second kappa shape index (κ2) is 61.9. The van der Waals surface area contributed by atoms with Crippen LogP contribution in [-0.2, 0) is 4.79 Å². The SMILES string of the molecule is CCCCCCCCCCCCCCCCCCCCCCCCCCCCCCCCCCC(O)C(=O)NC(CO)C(O)CCCCCCCCCCCCCCCCCCCCCCCCCCC. The molecule has 0 aliphatic rings. The van der Waals surface area contributed by atoms with E-state index in [0.717, 1.165) is 32.1 Å². The smallest absolute Gasteiger partial charge is 0.249 e. The Balaban J connectivity index is 3.44. The number of hydrogen-bond donors (Lipinski definition) is 4. The van der Waals surface area contributed by atoms with Crippen LogP contribution in [0.3, 0.4) is 0 Å². The number of amides is 1. The fourth-order valence-corrected chi connectivity index (χ4v) is 11.1. The Morgan fingerprint density at radius 1 is 0.282 bits per heavy atom. The van der Waals surface area contributed by atoms with Gasteiger partial charge in [-0.25, -0.2) is 0 Å². The highest BCUT2D eigenvalue weighted by Gasteiger charge is 2.23. The van der Waals surface area contributed by atoms with E-state index < -0.39 is 24.2 Å². The van der Waals surface area contributed by atoms with Crippen molar-refractivity contribution in [2.24, 2.45) is 0 Å². The summed E-state index contributed by atoms with van der Waals surface area (Å²) in [5, 5.41) is 33.7. The zero-order valence-corrected chi connectivity index (χ0v) is 48.9. The molecule has 0 aliphatic carbocycles. The Morgan fingerprint density at radius 2 is 0.451 bits per heavy atom. The van der Waals surface area contributed by atoms with E-state index in [0.29, 0.717) is 12.8 Å². The molecule has 3 unspecified atom stereocenters. The van der Waals surface area contributed by atoms with Gasteiger partial charge in [0.05, 0.1) is 18.8 Å². The van der Waals surface area contributed by atoms with Crippen LogP contribution in [-0.4, -0.2) is 46.1 Å². The highest BCUT2D eigenvalue weighted by molar-refractivity contribution is 5.80. The van der Waals surface area contributed by atoms with E-state index in [2.05, 4.69) is 19.2 Å². The lowest BCUT2D eigenvalue weighted by Crippen LogP contribution is -2.49. The van der Waals surface area contributed by atoms with Crippen molar-refractivity contribution in [3.05, 3.63) is 0 Å². The highest BCUT2D eigenvalue weighted by Crippen LogP contribution is 2.20. The first-order valence-corrected chi connectivity index (χ1v) is 33.3. The van der Waals surface area contributed by atoms with Crippen molar-refractivity contribution in [2.45, 2.75) is 411 Å².